The number of rotatable bonds is 7. The molecule has 38 heavy (non-hydrogen) atoms. The molecule has 0 radical (unpaired) electrons. The van der Waals surface area contributed by atoms with E-state index < -0.39 is 17.5 Å². The molecule has 0 spiro atoms. The lowest BCUT2D eigenvalue weighted by Gasteiger charge is -2.22. The van der Waals surface area contributed by atoms with Crippen molar-refractivity contribution in [2.45, 2.75) is 31.4 Å². The molecule has 0 saturated carbocycles. The van der Waals surface area contributed by atoms with Crippen LogP contribution in [0.1, 0.15) is 36.5 Å². The summed E-state index contributed by atoms with van der Waals surface area (Å²) in [4.78, 5) is 0. The molecule has 0 amide bonds. The van der Waals surface area contributed by atoms with Gasteiger partial charge in [-0.1, -0.05) is 36.4 Å². The molecule has 4 nitrogen and oxygen atoms in total. The monoisotopic (exact) mass is 516 g/mol. The molecule has 0 aromatic heterocycles. The first-order valence-corrected chi connectivity index (χ1v) is 11.9. The number of ether oxygens (including phenoxy) is 1. The number of aliphatic hydroxyl groups excluding tert-OH is 1. The minimum absolute atomic E-state index is 0.139. The van der Waals surface area contributed by atoms with E-state index in [-0.39, 0.29) is 11.1 Å². The van der Waals surface area contributed by atoms with Crippen LogP contribution >= 0.6 is 0 Å². The molecule has 194 valence electrons. The Morgan fingerprint density at radius 3 is 1.66 bits per heavy atom. The SMILES string of the molecule is CC(C)(C#CO)c1ccc(Oc2ccc(Nc3ccc(C(c4ccc(N)cc4)C(F)(F)F)cc3)cc2)cc1. The normalized spacial score (nSPS) is 12.2. The third-order valence-electron chi connectivity index (χ3n) is 6.16. The second kappa shape index (κ2) is 10.8. The van der Waals surface area contributed by atoms with Crippen molar-refractivity contribution in [2.24, 2.45) is 0 Å². The van der Waals surface area contributed by atoms with Crippen LogP contribution in [-0.2, 0) is 5.41 Å². The molecular formula is C31H27F3N2O2. The number of aliphatic hydroxyl groups is 1. The predicted molar refractivity (Wildman–Crippen MR) is 144 cm³/mol. The largest absolute Gasteiger partial charge is 0.462 e. The van der Waals surface area contributed by atoms with E-state index in [9.17, 15) is 13.2 Å². The Balaban J connectivity index is 1.42. The molecule has 0 heterocycles. The quantitative estimate of drug-likeness (QED) is 0.171. The number of hydrogen-bond donors (Lipinski definition) is 3. The molecule has 0 fully saturated rings. The maximum Gasteiger partial charge on any atom is 0.399 e. The molecule has 4 rings (SSSR count). The van der Waals surface area contributed by atoms with E-state index in [2.05, 4.69) is 11.2 Å². The van der Waals surface area contributed by atoms with Crippen LogP contribution in [0.25, 0.3) is 0 Å². The topological polar surface area (TPSA) is 67.5 Å². The highest BCUT2D eigenvalue weighted by atomic mass is 19.4. The predicted octanol–water partition coefficient (Wildman–Crippen LogP) is 8.11. The van der Waals surface area contributed by atoms with E-state index in [1.807, 2.05) is 56.4 Å². The van der Waals surface area contributed by atoms with Crippen molar-refractivity contribution in [3.63, 3.8) is 0 Å². The molecule has 0 bridgehead atoms. The number of benzene rings is 4. The summed E-state index contributed by atoms with van der Waals surface area (Å²) in [6.45, 7) is 3.83. The summed E-state index contributed by atoms with van der Waals surface area (Å²) in [7, 11) is 0. The third-order valence-corrected chi connectivity index (χ3v) is 6.16. The van der Waals surface area contributed by atoms with Gasteiger partial charge in [0, 0.05) is 17.1 Å². The van der Waals surface area contributed by atoms with Gasteiger partial charge in [0.25, 0.3) is 0 Å². The summed E-state index contributed by atoms with van der Waals surface area (Å²) in [5, 5.41) is 12.1. The van der Waals surface area contributed by atoms with Gasteiger partial charge in [0.05, 0.1) is 5.41 Å². The average Bonchev–Trinajstić information content (AvgIpc) is 2.87. The highest BCUT2D eigenvalue weighted by Crippen LogP contribution is 2.40. The zero-order valence-corrected chi connectivity index (χ0v) is 20.9. The van der Waals surface area contributed by atoms with Gasteiger partial charge in [-0.25, -0.2) is 0 Å². The fourth-order valence-electron chi connectivity index (χ4n) is 4.08. The Morgan fingerprint density at radius 1 is 0.737 bits per heavy atom. The van der Waals surface area contributed by atoms with Crippen LogP contribution in [0.2, 0.25) is 0 Å². The number of nitrogens with one attached hydrogen (secondary N) is 1. The number of nitrogen functional groups attached to an aromatic ring is 1. The molecule has 4 N–H and O–H groups in total. The molecule has 0 aliphatic carbocycles. The van der Waals surface area contributed by atoms with Crippen molar-refractivity contribution in [1.82, 2.24) is 0 Å². The molecule has 0 aliphatic heterocycles. The van der Waals surface area contributed by atoms with Crippen molar-refractivity contribution in [3.05, 3.63) is 114 Å². The lowest BCUT2D eigenvalue weighted by Crippen LogP contribution is -2.22. The van der Waals surface area contributed by atoms with Crippen molar-refractivity contribution in [1.29, 1.82) is 0 Å². The molecular weight excluding hydrogens is 489 g/mol. The van der Waals surface area contributed by atoms with E-state index in [0.717, 1.165) is 11.3 Å². The Labute approximate surface area is 219 Å². The standard InChI is InChI=1S/C31H27F3N2O2/c1-30(2,19-20-37)23-7-15-27(16-8-23)38-28-17-13-26(14-18-28)36-25-11-5-22(6-12-25)29(31(32,33)34)21-3-9-24(35)10-4-21/h3-18,29,36-37H,35H2,1-2H3. The Hall–Kier alpha value is -4.57. The van der Waals surface area contributed by atoms with Crippen LogP contribution in [0, 0.1) is 12.0 Å². The molecule has 4 aromatic rings. The van der Waals surface area contributed by atoms with E-state index >= 15 is 0 Å². The summed E-state index contributed by atoms with van der Waals surface area (Å²) >= 11 is 0. The third kappa shape index (κ3) is 6.40. The summed E-state index contributed by atoms with van der Waals surface area (Å²) < 4.78 is 47.5. The summed E-state index contributed by atoms with van der Waals surface area (Å²) in [5.41, 5.74) is 8.22. The van der Waals surface area contributed by atoms with Crippen LogP contribution in [-0.4, -0.2) is 11.3 Å². The average molecular weight is 517 g/mol. The minimum Gasteiger partial charge on any atom is -0.462 e. The van der Waals surface area contributed by atoms with Crippen LogP contribution in [0.5, 0.6) is 11.5 Å². The summed E-state index contributed by atoms with van der Waals surface area (Å²) in [6, 6.07) is 26.7. The van der Waals surface area contributed by atoms with Crippen LogP contribution in [0.4, 0.5) is 30.2 Å². The number of halogens is 3. The molecule has 4 aromatic carbocycles. The summed E-state index contributed by atoms with van der Waals surface area (Å²) in [6.07, 6.45) is -2.47. The fourth-order valence-corrected chi connectivity index (χ4v) is 4.08. The first kappa shape index (κ1) is 26.5. The Kier molecular flexibility index (Phi) is 7.54. The summed E-state index contributed by atoms with van der Waals surface area (Å²) in [5.74, 6) is 2.30. The number of hydrogen-bond acceptors (Lipinski definition) is 4. The number of alkyl halides is 3. The Morgan fingerprint density at radius 2 is 1.18 bits per heavy atom. The van der Waals surface area contributed by atoms with Crippen molar-refractivity contribution < 1.29 is 23.0 Å². The van der Waals surface area contributed by atoms with Gasteiger partial charge in [-0.05, 0) is 97.1 Å². The van der Waals surface area contributed by atoms with Gasteiger partial charge >= 0.3 is 6.18 Å². The zero-order chi connectivity index (χ0) is 27.3. The van der Waals surface area contributed by atoms with Crippen LogP contribution in [0.15, 0.2) is 97.1 Å². The zero-order valence-electron chi connectivity index (χ0n) is 20.9. The second-order valence-electron chi connectivity index (χ2n) is 9.40. The fraction of sp³-hybridized carbons (Fsp3) is 0.161. The van der Waals surface area contributed by atoms with Crippen molar-refractivity contribution in [2.75, 3.05) is 11.1 Å². The number of anilines is 3. The van der Waals surface area contributed by atoms with Gasteiger partial charge in [-0.3, -0.25) is 0 Å². The highest BCUT2D eigenvalue weighted by Gasteiger charge is 2.41. The van der Waals surface area contributed by atoms with Gasteiger partial charge in [-0.15, -0.1) is 0 Å². The van der Waals surface area contributed by atoms with Gasteiger partial charge in [-0.2, -0.15) is 13.2 Å². The maximum absolute atomic E-state index is 13.9. The van der Waals surface area contributed by atoms with Crippen molar-refractivity contribution in [3.8, 4) is 23.5 Å². The smallest absolute Gasteiger partial charge is 0.399 e. The van der Waals surface area contributed by atoms with Crippen molar-refractivity contribution >= 4 is 17.1 Å². The molecule has 1 atom stereocenters. The van der Waals surface area contributed by atoms with E-state index in [1.165, 1.54) is 36.4 Å². The van der Waals surface area contributed by atoms with Gasteiger partial charge in [0.15, 0.2) is 0 Å². The Bertz CT molecular complexity index is 1420. The van der Waals surface area contributed by atoms with Crippen LogP contribution < -0.4 is 15.8 Å². The van der Waals surface area contributed by atoms with Crippen LogP contribution in [0.3, 0.4) is 0 Å². The van der Waals surface area contributed by atoms with E-state index in [4.69, 9.17) is 15.6 Å². The van der Waals surface area contributed by atoms with E-state index in [1.54, 1.807) is 24.3 Å². The molecule has 0 aliphatic rings. The minimum atomic E-state index is -4.44. The first-order valence-electron chi connectivity index (χ1n) is 11.9. The molecule has 0 saturated heterocycles. The lowest BCUT2D eigenvalue weighted by molar-refractivity contribution is -0.141. The first-order chi connectivity index (χ1) is 18.0. The number of nitrogens with two attached hydrogens (primary N) is 1. The highest BCUT2D eigenvalue weighted by molar-refractivity contribution is 5.61. The van der Waals surface area contributed by atoms with E-state index in [0.29, 0.717) is 22.9 Å². The second-order valence-corrected chi connectivity index (χ2v) is 9.40. The van der Waals surface area contributed by atoms with Gasteiger partial charge < -0.3 is 20.9 Å². The lowest BCUT2D eigenvalue weighted by atomic mass is 9.86. The molecule has 1 unspecified atom stereocenters. The maximum atomic E-state index is 13.9. The molecule has 7 heteroatoms. The van der Waals surface area contributed by atoms with Gasteiger partial charge in [0.1, 0.15) is 23.5 Å². The van der Waals surface area contributed by atoms with Gasteiger partial charge in [0.2, 0.25) is 0 Å².